The summed E-state index contributed by atoms with van der Waals surface area (Å²) in [6, 6.07) is 6.47. The van der Waals surface area contributed by atoms with Gasteiger partial charge in [0.25, 0.3) is 5.91 Å². The molecule has 2 rings (SSSR count). The van der Waals surface area contributed by atoms with Crippen LogP contribution in [0.2, 0.25) is 0 Å². The molecule has 142 valence electrons. The molecule has 1 aliphatic rings. The molecule has 8 nitrogen and oxygen atoms in total. The Hall–Kier alpha value is -2.77. The van der Waals surface area contributed by atoms with E-state index in [1.54, 1.807) is 50.2 Å². The van der Waals surface area contributed by atoms with E-state index in [9.17, 15) is 14.4 Å². The lowest BCUT2D eigenvalue weighted by Gasteiger charge is -2.31. The maximum Gasteiger partial charge on any atom is 0.409 e. The number of amides is 4. The van der Waals surface area contributed by atoms with Gasteiger partial charge < -0.3 is 25.2 Å². The molecule has 1 aliphatic heterocycles. The van der Waals surface area contributed by atoms with Gasteiger partial charge in [0.15, 0.2) is 0 Å². The van der Waals surface area contributed by atoms with Crippen LogP contribution < -0.4 is 10.6 Å². The first-order valence-corrected chi connectivity index (χ1v) is 8.71. The van der Waals surface area contributed by atoms with Crippen LogP contribution in [-0.2, 0) is 4.74 Å². The van der Waals surface area contributed by atoms with E-state index in [0.717, 1.165) is 0 Å². The van der Waals surface area contributed by atoms with Crippen molar-refractivity contribution in [3.8, 4) is 0 Å². The van der Waals surface area contributed by atoms with Crippen molar-refractivity contribution in [3.63, 3.8) is 0 Å². The molecule has 1 saturated heterocycles. The summed E-state index contributed by atoms with van der Waals surface area (Å²) in [5.74, 6) is -0.125. The maximum atomic E-state index is 12.2. The molecule has 0 saturated carbocycles. The highest BCUT2D eigenvalue weighted by Crippen LogP contribution is 2.14. The third kappa shape index (κ3) is 5.37. The van der Waals surface area contributed by atoms with E-state index in [4.69, 9.17) is 4.74 Å². The van der Waals surface area contributed by atoms with Crippen LogP contribution >= 0.6 is 0 Å². The molecular formula is C18H26N4O4. The number of carbonyl (C=O) groups excluding carboxylic acids is 3. The summed E-state index contributed by atoms with van der Waals surface area (Å²) in [6.45, 7) is 3.24. The Morgan fingerprint density at radius 1 is 1.23 bits per heavy atom. The van der Waals surface area contributed by atoms with Crippen molar-refractivity contribution in [3.05, 3.63) is 29.8 Å². The minimum absolute atomic E-state index is 0.00716. The Balaban J connectivity index is 1.84. The molecule has 0 spiro atoms. The zero-order valence-corrected chi connectivity index (χ0v) is 15.4. The predicted octanol–water partition coefficient (Wildman–Crippen LogP) is 2.13. The molecule has 0 radical (unpaired) electrons. The lowest BCUT2D eigenvalue weighted by molar-refractivity contribution is 0.0827. The average Bonchev–Trinajstić information content (AvgIpc) is 2.62. The van der Waals surface area contributed by atoms with Crippen molar-refractivity contribution in [1.29, 1.82) is 0 Å². The summed E-state index contributed by atoms with van der Waals surface area (Å²) in [5.41, 5.74) is 1.06. The number of piperidine rings is 1. The highest BCUT2D eigenvalue weighted by atomic mass is 16.6. The highest BCUT2D eigenvalue weighted by molar-refractivity contribution is 5.96. The number of hydrogen-bond donors (Lipinski definition) is 2. The second kappa shape index (κ2) is 9.07. The Labute approximate surface area is 153 Å². The van der Waals surface area contributed by atoms with Crippen LogP contribution in [0.25, 0.3) is 0 Å². The van der Waals surface area contributed by atoms with Crippen LogP contribution in [0.4, 0.5) is 15.3 Å². The number of likely N-dealkylation sites (tertiary alicyclic amines) is 1. The summed E-state index contributed by atoms with van der Waals surface area (Å²) in [4.78, 5) is 39.0. The number of urea groups is 1. The van der Waals surface area contributed by atoms with Gasteiger partial charge in [-0.1, -0.05) is 6.07 Å². The first-order chi connectivity index (χ1) is 12.4. The van der Waals surface area contributed by atoms with E-state index in [2.05, 4.69) is 10.6 Å². The van der Waals surface area contributed by atoms with Crippen molar-refractivity contribution in [1.82, 2.24) is 15.1 Å². The zero-order valence-electron chi connectivity index (χ0n) is 15.4. The normalized spacial score (nSPS) is 14.5. The molecule has 26 heavy (non-hydrogen) atoms. The van der Waals surface area contributed by atoms with E-state index >= 15 is 0 Å². The van der Waals surface area contributed by atoms with Crippen LogP contribution in [-0.4, -0.2) is 67.7 Å². The van der Waals surface area contributed by atoms with Crippen LogP contribution in [0.3, 0.4) is 0 Å². The lowest BCUT2D eigenvalue weighted by Crippen LogP contribution is -2.47. The summed E-state index contributed by atoms with van der Waals surface area (Å²) >= 11 is 0. The van der Waals surface area contributed by atoms with E-state index < -0.39 is 0 Å². The fraction of sp³-hybridized carbons (Fsp3) is 0.500. The van der Waals surface area contributed by atoms with Crippen molar-refractivity contribution in [2.75, 3.05) is 39.1 Å². The molecule has 1 aromatic rings. The van der Waals surface area contributed by atoms with E-state index in [0.29, 0.717) is 43.8 Å². The molecule has 1 heterocycles. The summed E-state index contributed by atoms with van der Waals surface area (Å²) < 4.78 is 4.98. The standard InChI is InChI=1S/C18H26N4O4/c1-4-26-18(25)22-10-8-14(9-11-22)19-17(24)20-15-7-5-6-13(12-15)16(23)21(2)3/h5-7,12,14H,4,8-11H2,1-3H3,(H2,19,20,24). The van der Waals surface area contributed by atoms with Gasteiger partial charge in [-0.2, -0.15) is 0 Å². The maximum absolute atomic E-state index is 12.2. The Kier molecular flexibility index (Phi) is 6.82. The third-order valence-electron chi connectivity index (χ3n) is 4.13. The molecule has 0 aliphatic carbocycles. The van der Waals surface area contributed by atoms with Gasteiger partial charge >= 0.3 is 12.1 Å². The molecular weight excluding hydrogens is 336 g/mol. The largest absolute Gasteiger partial charge is 0.450 e. The molecule has 1 fully saturated rings. The smallest absolute Gasteiger partial charge is 0.409 e. The quantitative estimate of drug-likeness (QED) is 0.858. The second-order valence-corrected chi connectivity index (χ2v) is 6.34. The fourth-order valence-electron chi connectivity index (χ4n) is 2.76. The van der Waals surface area contributed by atoms with Gasteiger partial charge in [-0.3, -0.25) is 4.79 Å². The first-order valence-electron chi connectivity index (χ1n) is 8.71. The number of rotatable bonds is 4. The Bertz CT molecular complexity index is 654. The number of hydrogen-bond acceptors (Lipinski definition) is 4. The molecule has 0 aromatic heterocycles. The molecule has 0 unspecified atom stereocenters. The molecule has 8 heteroatoms. The molecule has 0 bridgehead atoms. The third-order valence-corrected chi connectivity index (χ3v) is 4.13. The minimum atomic E-state index is -0.325. The molecule has 0 atom stereocenters. The fourth-order valence-corrected chi connectivity index (χ4v) is 2.76. The molecule has 1 aromatic carbocycles. The minimum Gasteiger partial charge on any atom is -0.450 e. The summed E-state index contributed by atoms with van der Waals surface area (Å²) in [7, 11) is 3.36. The Morgan fingerprint density at radius 3 is 2.54 bits per heavy atom. The van der Waals surface area contributed by atoms with Gasteiger partial charge in [-0.05, 0) is 38.0 Å². The van der Waals surface area contributed by atoms with Crippen molar-refractivity contribution < 1.29 is 19.1 Å². The average molecular weight is 362 g/mol. The topological polar surface area (TPSA) is 91.0 Å². The van der Waals surface area contributed by atoms with E-state index in [1.165, 1.54) is 4.90 Å². The Morgan fingerprint density at radius 2 is 1.92 bits per heavy atom. The van der Waals surface area contributed by atoms with Crippen LogP contribution in [0.5, 0.6) is 0 Å². The number of carbonyl (C=O) groups is 3. The van der Waals surface area contributed by atoms with Gasteiger partial charge in [-0.25, -0.2) is 9.59 Å². The number of anilines is 1. The van der Waals surface area contributed by atoms with Gasteiger partial charge in [0.1, 0.15) is 0 Å². The van der Waals surface area contributed by atoms with Crippen molar-refractivity contribution in [2.24, 2.45) is 0 Å². The summed E-state index contributed by atoms with van der Waals surface area (Å²) in [5, 5.41) is 5.66. The SMILES string of the molecule is CCOC(=O)N1CCC(NC(=O)Nc2cccc(C(=O)N(C)C)c2)CC1. The molecule has 2 N–H and O–H groups in total. The van der Waals surface area contributed by atoms with E-state index in [1.807, 2.05) is 0 Å². The van der Waals surface area contributed by atoms with Crippen molar-refractivity contribution >= 4 is 23.7 Å². The number of nitrogens with zero attached hydrogens (tertiary/aromatic N) is 2. The monoisotopic (exact) mass is 362 g/mol. The van der Waals surface area contributed by atoms with Crippen LogP contribution in [0, 0.1) is 0 Å². The first kappa shape index (κ1) is 19.6. The predicted molar refractivity (Wildman–Crippen MR) is 98.2 cm³/mol. The second-order valence-electron chi connectivity index (χ2n) is 6.34. The highest BCUT2D eigenvalue weighted by Gasteiger charge is 2.24. The van der Waals surface area contributed by atoms with Gasteiger partial charge in [0.2, 0.25) is 0 Å². The number of benzene rings is 1. The zero-order chi connectivity index (χ0) is 19.1. The van der Waals surface area contributed by atoms with E-state index in [-0.39, 0.29) is 24.1 Å². The van der Waals surface area contributed by atoms with Gasteiger partial charge in [-0.15, -0.1) is 0 Å². The summed E-state index contributed by atoms with van der Waals surface area (Å²) in [6.07, 6.45) is 1.04. The van der Waals surface area contributed by atoms with Crippen LogP contribution in [0.15, 0.2) is 24.3 Å². The lowest BCUT2D eigenvalue weighted by atomic mass is 10.1. The number of ether oxygens (including phenoxy) is 1. The van der Waals surface area contributed by atoms with Crippen molar-refractivity contribution in [2.45, 2.75) is 25.8 Å². The molecule has 4 amide bonds. The number of nitrogens with one attached hydrogen (secondary N) is 2. The van der Waals surface area contributed by atoms with Gasteiger partial charge in [0.05, 0.1) is 6.61 Å². The van der Waals surface area contributed by atoms with Crippen LogP contribution in [0.1, 0.15) is 30.1 Å². The van der Waals surface area contributed by atoms with Gasteiger partial charge in [0, 0.05) is 44.5 Å².